The van der Waals surface area contributed by atoms with Crippen LogP contribution in [0.1, 0.15) is 26.3 Å². The van der Waals surface area contributed by atoms with E-state index in [1.807, 2.05) is 44.2 Å². The number of fused-ring (bicyclic) bond motifs is 1. The molecule has 0 aromatic heterocycles. The Hall–Kier alpha value is -1.77. The molecule has 0 saturated carbocycles. The Balaban J connectivity index is 1.75. The lowest BCUT2D eigenvalue weighted by Crippen LogP contribution is -2.45. The molecule has 7 heteroatoms. The normalized spacial score (nSPS) is 29.2. The summed E-state index contributed by atoms with van der Waals surface area (Å²) >= 11 is 0. The first-order valence-corrected chi connectivity index (χ1v) is 9.42. The average Bonchev–Trinajstić information content (AvgIpc) is 3.12. The zero-order chi connectivity index (χ0) is 20.1. The van der Waals surface area contributed by atoms with Gasteiger partial charge in [0.05, 0.1) is 13.2 Å². The van der Waals surface area contributed by atoms with Crippen LogP contribution in [-0.2, 0) is 39.8 Å². The molecule has 0 spiro atoms. The third-order valence-electron chi connectivity index (χ3n) is 4.56. The van der Waals surface area contributed by atoms with E-state index >= 15 is 0 Å². The van der Waals surface area contributed by atoms with Gasteiger partial charge < -0.3 is 28.4 Å². The van der Waals surface area contributed by atoms with Crippen molar-refractivity contribution in [1.82, 2.24) is 0 Å². The fraction of sp³-hybridized carbons (Fsp3) is 0.571. The second-order valence-electron chi connectivity index (χ2n) is 7.29. The van der Waals surface area contributed by atoms with Gasteiger partial charge in [-0.25, -0.2) is 0 Å². The summed E-state index contributed by atoms with van der Waals surface area (Å²) in [5, 5.41) is 0. The average molecular weight is 392 g/mol. The lowest BCUT2D eigenvalue weighted by Gasteiger charge is -2.30. The maximum absolute atomic E-state index is 11.3. The van der Waals surface area contributed by atoms with E-state index in [2.05, 4.69) is 6.58 Å². The summed E-state index contributed by atoms with van der Waals surface area (Å²) in [5.41, 5.74) is 1.03. The van der Waals surface area contributed by atoms with Gasteiger partial charge in [0, 0.05) is 6.92 Å². The van der Waals surface area contributed by atoms with Gasteiger partial charge in [-0.2, -0.15) is 0 Å². The van der Waals surface area contributed by atoms with Crippen LogP contribution >= 0.6 is 0 Å². The fourth-order valence-corrected chi connectivity index (χ4v) is 3.39. The van der Waals surface area contributed by atoms with E-state index in [-0.39, 0.29) is 12.6 Å². The molecule has 2 aliphatic heterocycles. The number of hydrogen-bond acceptors (Lipinski definition) is 7. The summed E-state index contributed by atoms with van der Waals surface area (Å²) in [6.45, 7) is 9.42. The smallest absolute Gasteiger partial charge is 0.302 e. The van der Waals surface area contributed by atoms with Gasteiger partial charge in [0.1, 0.15) is 31.0 Å². The molecule has 2 fully saturated rings. The second kappa shape index (κ2) is 9.15. The molecular weight excluding hydrogens is 364 g/mol. The number of benzene rings is 1. The van der Waals surface area contributed by atoms with Crippen molar-refractivity contribution in [2.75, 3.05) is 13.2 Å². The Morgan fingerprint density at radius 3 is 2.71 bits per heavy atom. The highest BCUT2D eigenvalue weighted by Gasteiger charge is 2.57. The number of ether oxygens (including phenoxy) is 6. The first kappa shape index (κ1) is 21.0. The molecule has 1 aromatic carbocycles. The van der Waals surface area contributed by atoms with Gasteiger partial charge in [0.2, 0.25) is 0 Å². The molecule has 2 aliphatic rings. The summed E-state index contributed by atoms with van der Waals surface area (Å²) < 4.78 is 35.2. The molecule has 5 atom stereocenters. The number of esters is 1. The molecule has 2 saturated heterocycles. The molecule has 0 radical (unpaired) electrons. The van der Waals surface area contributed by atoms with Gasteiger partial charge in [0.15, 0.2) is 12.1 Å². The van der Waals surface area contributed by atoms with Crippen LogP contribution in [-0.4, -0.2) is 55.7 Å². The molecule has 1 aromatic rings. The third kappa shape index (κ3) is 5.18. The SMILES string of the molecule is C=CCO[C@H](COC(C)=O)[C@H]1O[C@@H]2OC(C)(C)O[C@@H]2[C@H]1OCc1ccccc1. The van der Waals surface area contributed by atoms with E-state index in [0.717, 1.165) is 5.56 Å². The van der Waals surface area contributed by atoms with Crippen LogP contribution < -0.4 is 0 Å². The molecule has 0 N–H and O–H groups in total. The minimum absolute atomic E-state index is 0.0435. The monoisotopic (exact) mass is 392 g/mol. The van der Waals surface area contributed by atoms with Gasteiger partial charge in [-0.1, -0.05) is 36.4 Å². The largest absolute Gasteiger partial charge is 0.463 e. The van der Waals surface area contributed by atoms with E-state index in [0.29, 0.717) is 13.2 Å². The van der Waals surface area contributed by atoms with E-state index < -0.39 is 36.5 Å². The van der Waals surface area contributed by atoms with Gasteiger partial charge in [0.25, 0.3) is 0 Å². The lowest BCUT2D eigenvalue weighted by molar-refractivity contribution is -0.236. The van der Waals surface area contributed by atoms with Crippen molar-refractivity contribution >= 4 is 5.97 Å². The van der Waals surface area contributed by atoms with E-state index in [1.165, 1.54) is 6.92 Å². The maximum atomic E-state index is 11.3. The minimum Gasteiger partial charge on any atom is -0.463 e. The van der Waals surface area contributed by atoms with Crippen LogP contribution in [0, 0.1) is 0 Å². The quantitative estimate of drug-likeness (QED) is 0.472. The van der Waals surface area contributed by atoms with Crippen LogP contribution in [0.25, 0.3) is 0 Å². The van der Waals surface area contributed by atoms with Gasteiger partial charge in [-0.15, -0.1) is 6.58 Å². The number of carbonyl (C=O) groups is 1. The first-order valence-electron chi connectivity index (χ1n) is 9.42. The predicted octanol–water partition coefficient (Wildman–Crippen LogP) is 2.58. The Labute approximate surface area is 165 Å². The van der Waals surface area contributed by atoms with E-state index in [4.69, 9.17) is 28.4 Å². The molecule has 3 rings (SSSR count). The van der Waals surface area contributed by atoms with Crippen molar-refractivity contribution in [3.63, 3.8) is 0 Å². The first-order chi connectivity index (χ1) is 13.4. The molecule has 154 valence electrons. The number of rotatable bonds is 9. The Bertz CT molecular complexity index is 660. The molecule has 0 aliphatic carbocycles. The van der Waals surface area contributed by atoms with Crippen molar-refractivity contribution in [3.05, 3.63) is 48.6 Å². The molecule has 0 amide bonds. The fourth-order valence-electron chi connectivity index (χ4n) is 3.39. The summed E-state index contributed by atoms with van der Waals surface area (Å²) in [6, 6.07) is 9.85. The third-order valence-corrected chi connectivity index (χ3v) is 4.56. The summed E-state index contributed by atoms with van der Waals surface area (Å²) in [6.07, 6.45) is -0.856. The van der Waals surface area contributed by atoms with Crippen LogP contribution in [0.15, 0.2) is 43.0 Å². The lowest BCUT2D eigenvalue weighted by atomic mass is 10.1. The van der Waals surface area contributed by atoms with Crippen LogP contribution in [0.2, 0.25) is 0 Å². The Morgan fingerprint density at radius 2 is 2.04 bits per heavy atom. The summed E-state index contributed by atoms with van der Waals surface area (Å²) in [4.78, 5) is 11.3. The molecule has 7 nitrogen and oxygen atoms in total. The number of hydrogen-bond donors (Lipinski definition) is 0. The van der Waals surface area contributed by atoms with Crippen LogP contribution in [0.4, 0.5) is 0 Å². The highest BCUT2D eigenvalue weighted by atomic mass is 16.8. The minimum atomic E-state index is -0.762. The van der Waals surface area contributed by atoms with E-state index in [1.54, 1.807) is 6.08 Å². The van der Waals surface area contributed by atoms with Gasteiger partial charge >= 0.3 is 5.97 Å². The molecule has 0 bridgehead atoms. The van der Waals surface area contributed by atoms with Gasteiger partial charge in [-0.3, -0.25) is 4.79 Å². The Kier molecular flexibility index (Phi) is 6.85. The van der Waals surface area contributed by atoms with Gasteiger partial charge in [-0.05, 0) is 19.4 Å². The zero-order valence-corrected chi connectivity index (χ0v) is 16.5. The highest BCUT2D eigenvalue weighted by molar-refractivity contribution is 5.65. The van der Waals surface area contributed by atoms with Crippen molar-refractivity contribution in [2.24, 2.45) is 0 Å². The predicted molar refractivity (Wildman–Crippen MR) is 100 cm³/mol. The standard InChI is InChI=1S/C21H28O7/c1-5-11-23-16(13-24-14(2)22)17-18(25-12-15-9-7-6-8-10-15)19-20(26-17)28-21(3,4)27-19/h5-10,16-20H,1,11-13H2,2-4H3/t16-,17-,18+,19-,20-/m1/s1. The molecule has 2 heterocycles. The van der Waals surface area contributed by atoms with Crippen LogP contribution in [0.5, 0.6) is 0 Å². The topological polar surface area (TPSA) is 72.5 Å². The Morgan fingerprint density at radius 1 is 1.29 bits per heavy atom. The van der Waals surface area contributed by atoms with E-state index in [9.17, 15) is 4.79 Å². The molecule has 28 heavy (non-hydrogen) atoms. The molecule has 0 unspecified atom stereocenters. The van der Waals surface area contributed by atoms with Crippen molar-refractivity contribution in [2.45, 2.75) is 63.9 Å². The van der Waals surface area contributed by atoms with Crippen molar-refractivity contribution < 1.29 is 33.2 Å². The highest BCUT2D eigenvalue weighted by Crippen LogP contribution is 2.40. The van der Waals surface area contributed by atoms with Crippen LogP contribution in [0.3, 0.4) is 0 Å². The van der Waals surface area contributed by atoms with Crippen molar-refractivity contribution in [1.29, 1.82) is 0 Å². The molecular formula is C21H28O7. The maximum Gasteiger partial charge on any atom is 0.302 e. The second-order valence-corrected chi connectivity index (χ2v) is 7.29. The zero-order valence-electron chi connectivity index (χ0n) is 16.5. The summed E-state index contributed by atoms with van der Waals surface area (Å²) in [7, 11) is 0. The summed E-state index contributed by atoms with van der Waals surface area (Å²) in [5.74, 6) is -1.15. The number of carbonyl (C=O) groups excluding carboxylic acids is 1. The van der Waals surface area contributed by atoms with Crippen molar-refractivity contribution in [3.8, 4) is 0 Å².